The Balaban J connectivity index is 1.62. The molecule has 1 N–H and O–H groups in total. The fourth-order valence-corrected chi connectivity index (χ4v) is 2.85. The average molecular weight is 317 g/mol. The van der Waals surface area contributed by atoms with Gasteiger partial charge in [0.05, 0.1) is 12.2 Å². The monoisotopic (exact) mass is 317 g/mol. The summed E-state index contributed by atoms with van der Waals surface area (Å²) in [5.41, 5.74) is 0. The van der Waals surface area contributed by atoms with Gasteiger partial charge in [0.25, 0.3) is 5.91 Å². The third-order valence-corrected chi connectivity index (χ3v) is 4.09. The van der Waals surface area contributed by atoms with Gasteiger partial charge in [-0.3, -0.25) is 4.79 Å². The average Bonchev–Trinajstić information content (AvgIpc) is 3.20. The van der Waals surface area contributed by atoms with Crippen LogP contribution in [0, 0.1) is 5.82 Å². The molecule has 6 heteroatoms. The second kappa shape index (κ2) is 6.81. The summed E-state index contributed by atoms with van der Waals surface area (Å²) in [7, 11) is 0. The van der Waals surface area contributed by atoms with Gasteiger partial charge in [0.15, 0.2) is 6.10 Å². The van der Waals surface area contributed by atoms with Crippen molar-refractivity contribution in [1.82, 2.24) is 9.78 Å². The molecule has 122 valence electrons. The number of anilines is 1. The minimum absolute atomic E-state index is 0.255. The number of benzene rings is 1. The Labute approximate surface area is 134 Å². The molecule has 1 heterocycles. The van der Waals surface area contributed by atoms with Crippen LogP contribution in [0.15, 0.2) is 36.5 Å². The zero-order valence-corrected chi connectivity index (χ0v) is 13.0. The lowest BCUT2D eigenvalue weighted by atomic mass is 10.2. The molecule has 0 unspecified atom stereocenters. The standard InChI is InChI=1S/C17H20FN3O2/c1-12(23-15-8-6-13(18)7-9-15)17(22)20-16-10-11-19-21(16)14-4-2-3-5-14/h6-12,14H,2-5H2,1H3,(H,20,22)/t12-/m1/s1. The van der Waals surface area contributed by atoms with Gasteiger partial charge in [-0.2, -0.15) is 5.10 Å². The second-order valence-electron chi connectivity index (χ2n) is 5.80. The van der Waals surface area contributed by atoms with Crippen LogP contribution in [0.1, 0.15) is 38.6 Å². The van der Waals surface area contributed by atoms with Crippen LogP contribution in [0.25, 0.3) is 0 Å². The maximum atomic E-state index is 12.9. The van der Waals surface area contributed by atoms with E-state index >= 15 is 0 Å². The lowest BCUT2D eigenvalue weighted by molar-refractivity contribution is -0.122. The normalized spacial score (nSPS) is 16.3. The fraction of sp³-hybridized carbons (Fsp3) is 0.412. The summed E-state index contributed by atoms with van der Waals surface area (Å²) in [6.07, 6.45) is 5.58. The molecule has 0 saturated heterocycles. The quantitative estimate of drug-likeness (QED) is 0.917. The molecule has 1 aliphatic carbocycles. The lowest BCUT2D eigenvalue weighted by Crippen LogP contribution is -2.31. The molecule has 3 rings (SSSR count). The van der Waals surface area contributed by atoms with E-state index in [1.807, 2.05) is 4.68 Å². The highest BCUT2D eigenvalue weighted by Gasteiger charge is 2.22. The number of aromatic nitrogens is 2. The molecule has 1 aliphatic rings. The molecule has 1 fully saturated rings. The number of amides is 1. The molecule has 1 aromatic heterocycles. The summed E-state index contributed by atoms with van der Waals surface area (Å²) in [5, 5.41) is 7.19. The molecule has 1 saturated carbocycles. The van der Waals surface area contributed by atoms with Gasteiger partial charge in [-0.15, -0.1) is 0 Å². The number of hydrogen-bond donors (Lipinski definition) is 1. The molecule has 1 aromatic carbocycles. The van der Waals surface area contributed by atoms with Gasteiger partial charge < -0.3 is 10.1 Å². The molecule has 0 aliphatic heterocycles. The number of hydrogen-bond acceptors (Lipinski definition) is 3. The zero-order valence-electron chi connectivity index (χ0n) is 13.0. The molecule has 0 bridgehead atoms. The Morgan fingerprint density at radius 1 is 1.30 bits per heavy atom. The van der Waals surface area contributed by atoms with Crippen LogP contribution in [0.5, 0.6) is 5.75 Å². The van der Waals surface area contributed by atoms with Crippen molar-refractivity contribution in [2.45, 2.75) is 44.8 Å². The van der Waals surface area contributed by atoms with E-state index in [0.29, 0.717) is 17.6 Å². The van der Waals surface area contributed by atoms with Crippen molar-refractivity contribution in [3.63, 3.8) is 0 Å². The van der Waals surface area contributed by atoms with Crippen LogP contribution < -0.4 is 10.1 Å². The Morgan fingerprint density at radius 3 is 2.70 bits per heavy atom. The van der Waals surface area contributed by atoms with Crippen LogP contribution in [-0.2, 0) is 4.79 Å². The first kappa shape index (κ1) is 15.5. The van der Waals surface area contributed by atoms with Gasteiger partial charge in [0.1, 0.15) is 17.4 Å². The van der Waals surface area contributed by atoms with Gasteiger partial charge in [-0.25, -0.2) is 9.07 Å². The van der Waals surface area contributed by atoms with Gasteiger partial charge in [0.2, 0.25) is 0 Å². The lowest BCUT2D eigenvalue weighted by Gasteiger charge is -2.17. The Kier molecular flexibility index (Phi) is 4.60. The third kappa shape index (κ3) is 3.70. The summed E-state index contributed by atoms with van der Waals surface area (Å²) >= 11 is 0. The Bertz CT molecular complexity index is 663. The van der Waals surface area contributed by atoms with Gasteiger partial charge in [-0.1, -0.05) is 12.8 Å². The van der Waals surface area contributed by atoms with Gasteiger partial charge in [0, 0.05) is 6.07 Å². The number of carbonyl (C=O) groups excluding carboxylic acids is 1. The molecule has 1 atom stereocenters. The Morgan fingerprint density at radius 2 is 2.00 bits per heavy atom. The molecule has 2 aromatic rings. The van der Waals surface area contributed by atoms with E-state index in [2.05, 4.69) is 10.4 Å². The van der Waals surface area contributed by atoms with E-state index < -0.39 is 6.10 Å². The number of rotatable bonds is 5. The molecule has 0 radical (unpaired) electrons. The maximum absolute atomic E-state index is 12.9. The number of ether oxygens (including phenoxy) is 1. The largest absolute Gasteiger partial charge is 0.481 e. The first-order chi connectivity index (χ1) is 11.1. The van der Waals surface area contributed by atoms with Crippen LogP contribution in [0.3, 0.4) is 0 Å². The predicted octanol–water partition coefficient (Wildman–Crippen LogP) is 3.54. The van der Waals surface area contributed by atoms with Gasteiger partial charge in [-0.05, 0) is 44.0 Å². The summed E-state index contributed by atoms with van der Waals surface area (Å²) in [5.74, 6) is 0.554. The minimum atomic E-state index is -0.688. The van der Waals surface area contributed by atoms with Gasteiger partial charge >= 0.3 is 0 Å². The number of halogens is 1. The number of nitrogens with zero attached hydrogens (tertiary/aromatic N) is 2. The minimum Gasteiger partial charge on any atom is -0.481 e. The highest BCUT2D eigenvalue weighted by Crippen LogP contribution is 2.31. The molecule has 0 spiro atoms. The molecule has 5 nitrogen and oxygen atoms in total. The van der Waals surface area contributed by atoms with Crippen molar-refractivity contribution in [3.05, 3.63) is 42.3 Å². The van der Waals surface area contributed by atoms with E-state index in [9.17, 15) is 9.18 Å². The van der Waals surface area contributed by atoms with Crippen molar-refractivity contribution >= 4 is 11.7 Å². The van der Waals surface area contributed by atoms with Crippen molar-refractivity contribution in [3.8, 4) is 5.75 Å². The van der Waals surface area contributed by atoms with E-state index in [0.717, 1.165) is 12.8 Å². The summed E-state index contributed by atoms with van der Waals surface area (Å²) in [4.78, 5) is 12.3. The fourth-order valence-electron chi connectivity index (χ4n) is 2.85. The molecule has 1 amide bonds. The summed E-state index contributed by atoms with van der Waals surface area (Å²) in [6, 6.07) is 7.75. The molecule has 23 heavy (non-hydrogen) atoms. The second-order valence-corrected chi connectivity index (χ2v) is 5.80. The highest BCUT2D eigenvalue weighted by atomic mass is 19.1. The van der Waals surface area contributed by atoms with Crippen molar-refractivity contribution in [2.24, 2.45) is 0 Å². The van der Waals surface area contributed by atoms with Crippen LogP contribution in [-0.4, -0.2) is 21.8 Å². The third-order valence-electron chi connectivity index (χ3n) is 4.09. The topological polar surface area (TPSA) is 56.1 Å². The van der Waals surface area contributed by atoms with E-state index in [1.165, 1.54) is 37.1 Å². The van der Waals surface area contributed by atoms with E-state index in [1.54, 1.807) is 19.2 Å². The number of carbonyl (C=O) groups is 1. The first-order valence-electron chi connectivity index (χ1n) is 7.90. The van der Waals surface area contributed by atoms with Crippen molar-refractivity contribution < 1.29 is 13.9 Å². The Hall–Kier alpha value is -2.37. The molecular formula is C17H20FN3O2. The SMILES string of the molecule is C[C@@H](Oc1ccc(F)cc1)C(=O)Nc1ccnn1C1CCCC1. The van der Waals surface area contributed by atoms with Crippen LogP contribution in [0.4, 0.5) is 10.2 Å². The highest BCUT2D eigenvalue weighted by molar-refractivity contribution is 5.93. The predicted molar refractivity (Wildman–Crippen MR) is 84.9 cm³/mol. The number of nitrogens with one attached hydrogen (secondary N) is 1. The van der Waals surface area contributed by atoms with E-state index in [4.69, 9.17) is 4.74 Å². The van der Waals surface area contributed by atoms with Crippen molar-refractivity contribution in [1.29, 1.82) is 0 Å². The first-order valence-corrected chi connectivity index (χ1v) is 7.90. The zero-order chi connectivity index (χ0) is 16.2. The van der Waals surface area contributed by atoms with Crippen molar-refractivity contribution in [2.75, 3.05) is 5.32 Å². The molecular weight excluding hydrogens is 297 g/mol. The van der Waals surface area contributed by atoms with E-state index in [-0.39, 0.29) is 11.7 Å². The van der Waals surface area contributed by atoms with Crippen LogP contribution in [0.2, 0.25) is 0 Å². The van der Waals surface area contributed by atoms with Crippen LogP contribution >= 0.6 is 0 Å². The maximum Gasteiger partial charge on any atom is 0.266 e. The summed E-state index contributed by atoms with van der Waals surface area (Å²) < 4.78 is 20.3. The summed E-state index contributed by atoms with van der Waals surface area (Å²) in [6.45, 7) is 1.66. The smallest absolute Gasteiger partial charge is 0.266 e.